The van der Waals surface area contributed by atoms with Gasteiger partial charge in [-0.15, -0.1) is 0 Å². The Morgan fingerprint density at radius 1 is 1.11 bits per heavy atom. The molecule has 184 valence electrons. The van der Waals surface area contributed by atoms with Gasteiger partial charge in [-0.2, -0.15) is 5.26 Å². The van der Waals surface area contributed by atoms with Crippen molar-refractivity contribution >= 4 is 29.5 Å². The third-order valence-electron chi connectivity index (χ3n) is 5.70. The van der Waals surface area contributed by atoms with Crippen LogP contribution in [-0.4, -0.2) is 22.8 Å². The van der Waals surface area contributed by atoms with Gasteiger partial charge in [-0.3, -0.25) is 4.72 Å². The molecule has 0 fully saturated rings. The lowest BCUT2D eigenvalue weighted by molar-refractivity contribution is 0.289. The zero-order valence-corrected chi connectivity index (χ0v) is 22.3. The number of ether oxygens (including phenoxy) is 2. The maximum absolute atomic E-state index is 9.73. The Labute approximate surface area is 217 Å². The monoisotopic (exact) mass is 510 g/mol. The van der Waals surface area contributed by atoms with Crippen molar-refractivity contribution in [3.63, 3.8) is 0 Å². The van der Waals surface area contributed by atoms with E-state index < -0.39 is 0 Å². The molecular formula is C27H31ClN4O2S. The van der Waals surface area contributed by atoms with E-state index in [2.05, 4.69) is 48.5 Å². The third kappa shape index (κ3) is 7.03. The minimum Gasteiger partial charge on any atom is -0.491 e. The van der Waals surface area contributed by atoms with Crippen molar-refractivity contribution < 1.29 is 9.47 Å². The van der Waals surface area contributed by atoms with Crippen LogP contribution < -0.4 is 14.2 Å². The molecule has 3 aromatic rings. The molecule has 1 heterocycles. The maximum atomic E-state index is 9.73. The van der Waals surface area contributed by atoms with Gasteiger partial charge < -0.3 is 9.47 Å². The average molecular weight is 511 g/mol. The normalized spacial score (nSPS) is 11.3. The summed E-state index contributed by atoms with van der Waals surface area (Å²) in [6.07, 6.45) is 4.52. The number of halogens is 1. The van der Waals surface area contributed by atoms with Crippen molar-refractivity contribution in [3.05, 3.63) is 76.1 Å². The van der Waals surface area contributed by atoms with Crippen LogP contribution in [0.1, 0.15) is 56.5 Å². The largest absolute Gasteiger partial charge is 0.491 e. The summed E-state index contributed by atoms with van der Waals surface area (Å²) < 4.78 is 14.8. The summed E-state index contributed by atoms with van der Waals surface area (Å²) >= 11 is 8.00. The van der Waals surface area contributed by atoms with Crippen molar-refractivity contribution in [3.8, 4) is 17.6 Å². The van der Waals surface area contributed by atoms with E-state index in [4.69, 9.17) is 21.1 Å². The van der Waals surface area contributed by atoms with Crippen LogP contribution in [0, 0.1) is 17.2 Å². The van der Waals surface area contributed by atoms with E-state index in [0.717, 1.165) is 29.0 Å². The van der Waals surface area contributed by atoms with E-state index in [-0.39, 0.29) is 5.41 Å². The molecule has 1 N–H and O–H groups in total. The summed E-state index contributed by atoms with van der Waals surface area (Å²) in [4.78, 5) is 8.58. The molecule has 1 aromatic heterocycles. The Balaban J connectivity index is 1.74. The molecule has 0 aliphatic carbocycles. The molecule has 0 atom stereocenters. The summed E-state index contributed by atoms with van der Waals surface area (Å²) in [5, 5.41) is 10.2. The Kier molecular flexibility index (Phi) is 9.25. The zero-order valence-electron chi connectivity index (χ0n) is 20.8. The van der Waals surface area contributed by atoms with Gasteiger partial charge >= 0.3 is 0 Å². The van der Waals surface area contributed by atoms with Gasteiger partial charge in [0.25, 0.3) is 0 Å². The van der Waals surface area contributed by atoms with E-state index in [9.17, 15) is 5.26 Å². The number of nitrogens with zero attached hydrogens (tertiary/aromatic N) is 3. The van der Waals surface area contributed by atoms with Gasteiger partial charge in [-0.05, 0) is 53.8 Å². The zero-order chi connectivity index (χ0) is 25.4. The first-order valence-electron chi connectivity index (χ1n) is 11.5. The molecule has 0 unspecified atom stereocenters. The summed E-state index contributed by atoms with van der Waals surface area (Å²) in [6, 6.07) is 15.8. The summed E-state index contributed by atoms with van der Waals surface area (Å²) in [5.74, 6) is 2.27. The second-order valence-corrected chi connectivity index (χ2v) is 10.1. The highest BCUT2D eigenvalue weighted by Crippen LogP contribution is 2.38. The first-order chi connectivity index (χ1) is 16.7. The molecule has 0 aliphatic heterocycles. The van der Waals surface area contributed by atoms with Gasteiger partial charge in [0.05, 0.1) is 22.9 Å². The minimum absolute atomic E-state index is 0.341. The smallest absolute Gasteiger partial charge is 0.233 e. The molecule has 0 bridgehead atoms. The van der Waals surface area contributed by atoms with Crippen LogP contribution in [-0.2, 0) is 12.0 Å². The van der Waals surface area contributed by atoms with Crippen molar-refractivity contribution in [2.24, 2.45) is 5.92 Å². The third-order valence-corrected chi connectivity index (χ3v) is 6.36. The molecular weight excluding hydrogens is 480 g/mol. The number of rotatable bonds is 11. The highest BCUT2D eigenvalue weighted by atomic mass is 35.5. The number of hydrogen-bond acceptors (Lipinski definition) is 7. The topological polar surface area (TPSA) is 80.1 Å². The lowest BCUT2D eigenvalue weighted by Crippen LogP contribution is -2.19. The fourth-order valence-electron chi connectivity index (χ4n) is 3.49. The average Bonchev–Trinajstić information content (AvgIpc) is 2.84. The first kappa shape index (κ1) is 26.7. The molecule has 35 heavy (non-hydrogen) atoms. The van der Waals surface area contributed by atoms with E-state index in [1.54, 1.807) is 6.20 Å². The number of anilines is 1. The second kappa shape index (κ2) is 12.1. The van der Waals surface area contributed by atoms with Gasteiger partial charge in [0.1, 0.15) is 18.4 Å². The van der Waals surface area contributed by atoms with Crippen LogP contribution in [0.3, 0.4) is 0 Å². The van der Waals surface area contributed by atoms with Gasteiger partial charge in [0.2, 0.25) is 5.95 Å². The van der Waals surface area contributed by atoms with Gasteiger partial charge in [0, 0.05) is 17.9 Å². The summed E-state index contributed by atoms with van der Waals surface area (Å²) in [6.45, 7) is 9.35. The number of nitriles is 1. The predicted molar refractivity (Wildman–Crippen MR) is 143 cm³/mol. The fraction of sp³-hybridized carbons (Fsp3) is 0.370. The molecule has 6 nitrogen and oxygen atoms in total. The number of hydrogen-bond donors (Lipinski definition) is 1. The van der Waals surface area contributed by atoms with Crippen molar-refractivity contribution in [2.45, 2.75) is 46.1 Å². The fourth-order valence-corrected chi connectivity index (χ4v) is 4.04. The number of benzene rings is 2. The van der Waals surface area contributed by atoms with Crippen LogP contribution in [0.15, 0.2) is 48.7 Å². The van der Waals surface area contributed by atoms with Crippen LogP contribution in [0.2, 0.25) is 5.02 Å². The van der Waals surface area contributed by atoms with Crippen LogP contribution in [0.4, 0.5) is 5.95 Å². The molecule has 8 heteroatoms. The Hall–Kier alpha value is -2.95. The van der Waals surface area contributed by atoms with Gasteiger partial charge in [-0.1, -0.05) is 63.4 Å². The highest BCUT2D eigenvalue weighted by Gasteiger charge is 2.26. The SMILES string of the molecule is CSNc1nccc(COc2ccc(C(C)(C)c3cc(Cl)c(OCCC(C)C)c(C#N)c3)cc2)n1. The Morgan fingerprint density at radius 2 is 1.86 bits per heavy atom. The molecule has 0 radical (unpaired) electrons. The first-order valence-corrected chi connectivity index (χ1v) is 13.1. The van der Waals surface area contributed by atoms with Gasteiger partial charge in [0.15, 0.2) is 5.75 Å². The lowest BCUT2D eigenvalue weighted by atomic mass is 9.77. The second-order valence-electron chi connectivity index (χ2n) is 9.09. The van der Waals surface area contributed by atoms with Gasteiger partial charge in [-0.25, -0.2) is 9.97 Å². The molecule has 2 aromatic carbocycles. The maximum Gasteiger partial charge on any atom is 0.233 e. The molecule has 0 aliphatic rings. The molecule has 3 rings (SSSR count). The standard InChI is InChI=1S/C27H31ClN4O2S/c1-18(2)11-13-33-25-19(16-29)14-21(15-24(25)28)27(3,4)20-6-8-23(9-7-20)34-17-22-10-12-30-26(31-22)32-35-5/h6-10,12,14-15,18H,11,13,17H2,1-5H3,(H,30,31,32). The summed E-state index contributed by atoms with van der Waals surface area (Å²) in [5.41, 5.74) is 2.88. The van der Waals surface area contributed by atoms with E-state index in [1.807, 2.05) is 48.7 Å². The van der Waals surface area contributed by atoms with Crippen LogP contribution in [0.25, 0.3) is 0 Å². The van der Waals surface area contributed by atoms with E-state index >= 15 is 0 Å². The van der Waals surface area contributed by atoms with Crippen molar-refractivity contribution in [1.82, 2.24) is 9.97 Å². The Morgan fingerprint density at radius 3 is 2.51 bits per heavy atom. The Bertz CT molecular complexity index is 1180. The van der Waals surface area contributed by atoms with Crippen LogP contribution >= 0.6 is 23.5 Å². The predicted octanol–water partition coefficient (Wildman–Crippen LogP) is 7.02. The summed E-state index contributed by atoms with van der Waals surface area (Å²) in [7, 11) is 0. The number of aromatic nitrogens is 2. The molecule has 0 spiro atoms. The molecule has 0 saturated carbocycles. The van der Waals surface area contributed by atoms with Crippen molar-refractivity contribution in [1.29, 1.82) is 5.26 Å². The lowest BCUT2D eigenvalue weighted by Gasteiger charge is -2.27. The van der Waals surface area contributed by atoms with Crippen LogP contribution in [0.5, 0.6) is 11.5 Å². The minimum atomic E-state index is -0.380. The van der Waals surface area contributed by atoms with E-state index in [1.165, 1.54) is 11.9 Å². The highest BCUT2D eigenvalue weighted by molar-refractivity contribution is 7.99. The quantitative estimate of drug-likeness (QED) is 0.277. The number of nitrogens with one attached hydrogen (secondary N) is 1. The molecule has 0 amide bonds. The van der Waals surface area contributed by atoms with E-state index in [0.29, 0.717) is 41.4 Å². The van der Waals surface area contributed by atoms with Crippen molar-refractivity contribution in [2.75, 3.05) is 17.6 Å². The molecule has 0 saturated heterocycles.